The minimum Gasteiger partial charge on any atom is -0.336 e. The molecular weight excluding hydrogens is 374 g/mol. The Bertz CT molecular complexity index is 1080. The van der Waals surface area contributed by atoms with Crippen LogP contribution in [0.5, 0.6) is 0 Å². The van der Waals surface area contributed by atoms with E-state index in [1.54, 1.807) is 21.7 Å². The van der Waals surface area contributed by atoms with Crippen molar-refractivity contribution in [3.63, 3.8) is 0 Å². The molecule has 1 atom stereocenters. The lowest BCUT2D eigenvalue weighted by Crippen LogP contribution is -2.45. The highest BCUT2D eigenvalue weighted by molar-refractivity contribution is 5.93. The van der Waals surface area contributed by atoms with Gasteiger partial charge in [0.15, 0.2) is 5.69 Å². The highest BCUT2D eigenvalue weighted by atomic mass is 16.2. The zero-order chi connectivity index (χ0) is 21.1. The lowest BCUT2D eigenvalue weighted by atomic mass is 10.1. The van der Waals surface area contributed by atoms with Crippen molar-refractivity contribution in [1.82, 2.24) is 14.7 Å². The number of hydrogen-bond acceptors (Lipinski definition) is 4. The topological polar surface area (TPSA) is 87.9 Å². The molecule has 1 fully saturated rings. The van der Waals surface area contributed by atoms with E-state index in [2.05, 4.69) is 30.2 Å². The van der Waals surface area contributed by atoms with Crippen molar-refractivity contribution in [2.45, 2.75) is 32.2 Å². The molecule has 4 rings (SSSR count). The number of piperidine rings is 1. The van der Waals surface area contributed by atoms with Crippen LogP contribution in [0.1, 0.15) is 41.4 Å². The number of aryl methyl sites for hydroxylation is 1. The van der Waals surface area contributed by atoms with Gasteiger partial charge < -0.3 is 10.6 Å². The molecule has 2 heterocycles. The van der Waals surface area contributed by atoms with Gasteiger partial charge in [0, 0.05) is 24.7 Å². The summed E-state index contributed by atoms with van der Waals surface area (Å²) in [6, 6.07) is 19.5. The Morgan fingerprint density at radius 2 is 1.93 bits per heavy atom. The van der Waals surface area contributed by atoms with Crippen molar-refractivity contribution in [1.29, 1.82) is 5.26 Å². The Kier molecular flexibility index (Phi) is 5.64. The summed E-state index contributed by atoms with van der Waals surface area (Å²) >= 11 is 0. The molecule has 1 amide bonds. The Hall–Kier alpha value is -3.43. The second-order valence-electron chi connectivity index (χ2n) is 7.69. The fourth-order valence-corrected chi connectivity index (χ4v) is 3.83. The van der Waals surface area contributed by atoms with Crippen LogP contribution in [0.4, 0.5) is 0 Å². The maximum atomic E-state index is 13.1. The molecule has 1 aliphatic heterocycles. The quantitative estimate of drug-likeness (QED) is 0.727. The first-order chi connectivity index (χ1) is 14.6. The molecule has 0 bridgehead atoms. The van der Waals surface area contributed by atoms with Gasteiger partial charge in [-0.05, 0) is 55.2 Å². The van der Waals surface area contributed by atoms with Crippen molar-refractivity contribution in [2.24, 2.45) is 5.73 Å². The van der Waals surface area contributed by atoms with Crippen LogP contribution in [-0.4, -0.2) is 39.7 Å². The third-order valence-electron chi connectivity index (χ3n) is 5.57. The number of rotatable bonds is 4. The molecule has 6 nitrogen and oxygen atoms in total. The number of hydrogen-bond donors (Lipinski definition) is 1. The fraction of sp³-hybridized carbons (Fsp3) is 0.292. The van der Waals surface area contributed by atoms with Crippen molar-refractivity contribution in [3.8, 4) is 23.0 Å². The molecule has 2 N–H and O–H groups in total. The molecule has 0 spiro atoms. The lowest BCUT2D eigenvalue weighted by Gasteiger charge is -2.30. The van der Waals surface area contributed by atoms with Gasteiger partial charge in [-0.25, -0.2) is 4.68 Å². The predicted octanol–water partition coefficient (Wildman–Crippen LogP) is 3.54. The summed E-state index contributed by atoms with van der Waals surface area (Å²) in [4.78, 5) is 14.9. The lowest BCUT2D eigenvalue weighted by molar-refractivity contribution is 0.0702. The number of nitriles is 1. The Morgan fingerprint density at radius 3 is 2.57 bits per heavy atom. The first-order valence-electron chi connectivity index (χ1n) is 10.3. The van der Waals surface area contributed by atoms with Crippen LogP contribution < -0.4 is 5.73 Å². The van der Waals surface area contributed by atoms with Crippen LogP contribution in [0, 0.1) is 11.3 Å². The molecule has 30 heavy (non-hydrogen) atoms. The van der Waals surface area contributed by atoms with Crippen LogP contribution in [-0.2, 0) is 6.42 Å². The Labute approximate surface area is 176 Å². The van der Waals surface area contributed by atoms with E-state index in [0.717, 1.165) is 36.2 Å². The molecule has 0 aliphatic carbocycles. The standard InChI is InChI=1S/C24H25N5O/c1-2-17-7-11-21(12-8-17)29-23(19-9-5-18(15-25)6-10-19)14-22(27-29)24(30)28-13-3-4-20(26)16-28/h5-12,14,20H,2-4,13,16,26H2,1H3. The van der Waals surface area contributed by atoms with Crippen molar-refractivity contribution >= 4 is 5.91 Å². The van der Waals surface area contributed by atoms with Gasteiger partial charge in [-0.1, -0.05) is 31.2 Å². The van der Waals surface area contributed by atoms with Crippen LogP contribution in [0.15, 0.2) is 54.6 Å². The van der Waals surface area contributed by atoms with Gasteiger partial charge in [0.25, 0.3) is 5.91 Å². The fourth-order valence-electron chi connectivity index (χ4n) is 3.83. The van der Waals surface area contributed by atoms with E-state index < -0.39 is 0 Å². The third-order valence-corrected chi connectivity index (χ3v) is 5.57. The van der Waals surface area contributed by atoms with E-state index in [-0.39, 0.29) is 11.9 Å². The third kappa shape index (κ3) is 3.98. The highest BCUT2D eigenvalue weighted by Crippen LogP contribution is 2.26. The molecule has 1 aliphatic rings. The van der Waals surface area contributed by atoms with Gasteiger partial charge in [0.2, 0.25) is 0 Å². The molecule has 3 aromatic rings. The van der Waals surface area contributed by atoms with Crippen molar-refractivity contribution in [3.05, 3.63) is 71.4 Å². The summed E-state index contributed by atoms with van der Waals surface area (Å²) in [5.41, 5.74) is 10.9. The van der Waals surface area contributed by atoms with Gasteiger partial charge >= 0.3 is 0 Å². The number of aromatic nitrogens is 2. The second kappa shape index (κ2) is 8.52. The molecule has 0 radical (unpaired) electrons. The number of carbonyl (C=O) groups is 1. The monoisotopic (exact) mass is 399 g/mol. The predicted molar refractivity (Wildman–Crippen MR) is 116 cm³/mol. The normalized spacial score (nSPS) is 16.3. The number of carbonyl (C=O) groups excluding carboxylic acids is 1. The molecular formula is C24H25N5O. The van der Waals surface area contributed by atoms with Crippen molar-refractivity contribution < 1.29 is 4.79 Å². The van der Waals surface area contributed by atoms with Crippen LogP contribution >= 0.6 is 0 Å². The van der Waals surface area contributed by atoms with Crippen LogP contribution in [0.25, 0.3) is 16.9 Å². The maximum Gasteiger partial charge on any atom is 0.274 e. The minimum absolute atomic E-state index is 0.0179. The van der Waals surface area contributed by atoms with E-state index in [4.69, 9.17) is 11.0 Å². The maximum absolute atomic E-state index is 13.1. The van der Waals surface area contributed by atoms with E-state index in [0.29, 0.717) is 24.3 Å². The van der Waals surface area contributed by atoms with E-state index >= 15 is 0 Å². The number of nitrogens with zero attached hydrogens (tertiary/aromatic N) is 4. The number of amides is 1. The first-order valence-corrected chi connectivity index (χ1v) is 10.3. The molecule has 1 aromatic heterocycles. The summed E-state index contributed by atoms with van der Waals surface area (Å²) in [6.07, 6.45) is 2.81. The molecule has 1 unspecified atom stereocenters. The minimum atomic E-state index is -0.0935. The van der Waals surface area contributed by atoms with Gasteiger partial charge in [0.05, 0.1) is 23.0 Å². The smallest absolute Gasteiger partial charge is 0.274 e. The van der Waals surface area contributed by atoms with E-state index in [1.807, 2.05) is 30.3 Å². The van der Waals surface area contributed by atoms with Gasteiger partial charge in [0.1, 0.15) is 0 Å². The molecule has 152 valence electrons. The Morgan fingerprint density at radius 1 is 1.20 bits per heavy atom. The average Bonchev–Trinajstić information content (AvgIpc) is 3.24. The number of nitrogens with two attached hydrogens (primary N) is 1. The Balaban J connectivity index is 1.76. The SMILES string of the molecule is CCc1ccc(-n2nc(C(=O)N3CCCC(N)C3)cc2-c2ccc(C#N)cc2)cc1. The number of likely N-dealkylation sites (tertiary alicyclic amines) is 1. The average molecular weight is 399 g/mol. The van der Waals surface area contributed by atoms with Crippen LogP contribution in [0.2, 0.25) is 0 Å². The van der Waals surface area contributed by atoms with E-state index in [9.17, 15) is 4.79 Å². The highest BCUT2D eigenvalue weighted by Gasteiger charge is 2.25. The molecule has 2 aromatic carbocycles. The molecule has 6 heteroatoms. The van der Waals surface area contributed by atoms with Crippen molar-refractivity contribution in [2.75, 3.05) is 13.1 Å². The van der Waals surface area contributed by atoms with E-state index in [1.165, 1.54) is 5.56 Å². The number of benzene rings is 2. The summed E-state index contributed by atoms with van der Waals surface area (Å²) in [5.74, 6) is -0.0935. The zero-order valence-electron chi connectivity index (χ0n) is 17.1. The first kappa shape index (κ1) is 19.9. The van der Waals surface area contributed by atoms with Gasteiger partial charge in [-0.15, -0.1) is 0 Å². The molecule has 0 saturated carbocycles. The van der Waals surface area contributed by atoms with Gasteiger partial charge in [-0.2, -0.15) is 10.4 Å². The second-order valence-corrected chi connectivity index (χ2v) is 7.69. The summed E-state index contributed by atoms with van der Waals surface area (Å²) < 4.78 is 1.80. The summed E-state index contributed by atoms with van der Waals surface area (Å²) in [5, 5.41) is 13.8. The van der Waals surface area contributed by atoms with Gasteiger partial charge in [-0.3, -0.25) is 4.79 Å². The molecule has 1 saturated heterocycles. The zero-order valence-corrected chi connectivity index (χ0v) is 17.1. The summed E-state index contributed by atoms with van der Waals surface area (Å²) in [6.45, 7) is 3.38. The van der Waals surface area contributed by atoms with Crippen LogP contribution in [0.3, 0.4) is 0 Å². The summed E-state index contributed by atoms with van der Waals surface area (Å²) in [7, 11) is 0. The largest absolute Gasteiger partial charge is 0.336 e.